The predicted octanol–water partition coefficient (Wildman–Crippen LogP) is 4.03. The Hall–Kier alpha value is -0.180. The topological polar surface area (TPSA) is 3.24 Å². The first kappa shape index (κ1) is 15.8. The first-order valence-corrected chi connectivity index (χ1v) is 6.46. The number of halogens is 2. The van der Waals surface area contributed by atoms with Crippen LogP contribution in [-0.4, -0.2) is 30.0 Å². The molecule has 98 valence electrons. The van der Waals surface area contributed by atoms with E-state index in [1.807, 2.05) is 46.4 Å². The van der Waals surface area contributed by atoms with Crippen LogP contribution in [0.1, 0.15) is 48.0 Å². The summed E-state index contributed by atoms with van der Waals surface area (Å²) in [6, 6.07) is 0.231. The Bertz CT molecular complexity index is 190. The number of alkyl halides is 2. The highest BCUT2D eigenvalue weighted by molar-refractivity contribution is 4.89. The van der Waals surface area contributed by atoms with Gasteiger partial charge in [-0.15, -0.1) is 0 Å². The van der Waals surface area contributed by atoms with Crippen molar-refractivity contribution < 1.29 is 8.78 Å². The zero-order chi connectivity index (χ0) is 12.9. The molecule has 1 fully saturated rings. The van der Waals surface area contributed by atoms with E-state index in [0.717, 1.165) is 6.54 Å². The average Bonchev–Trinajstić information content (AvgIpc) is 2.18. The van der Waals surface area contributed by atoms with E-state index in [2.05, 4.69) is 0 Å². The fraction of sp³-hybridized carbons (Fsp3) is 1.00. The summed E-state index contributed by atoms with van der Waals surface area (Å²) in [5, 5.41) is 0. The fourth-order valence-electron chi connectivity index (χ4n) is 2.24. The lowest BCUT2D eigenvalue weighted by molar-refractivity contribution is -0.130. The summed E-state index contributed by atoms with van der Waals surface area (Å²) < 4.78 is 27.4. The van der Waals surface area contributed by atoms with Crippen molar-refractivity contribution in [2.75, 3.05) is 13.1 Å². The van der Waals surface area contributed by atoms with E-state index in [4.69, 9.17) is 0 Å². The van der Waals surface area contributed by atoms with Crippen LogP contribution in [0, 0.1) is 11.8 Å². The van der Waals surface area contributed by atoms with Crippen LogP contribution in [-0.2, 0) is 0 Å². The van der Waals surface area contributed by atoms with Gasteiger partial charge in [0.1, 0.15) is 0 Å². The van der Waals surface area contributed by atoms with Gasteiger partial charge in [-0.2, -0.15) is 0 Å². The Morgan fingerprint density at radius 1 is 1.12 bits per heavy atom. The number of hydrogen-bond acceptors (Lipinski definition) is 1. The van der Waals surface area contributed by atoms with Crippen molar-refractivity contribution in [2.24, 2.45) is 11.8 Å². The molecular formula is C13H27F2N. The molecule has 3 heteroatoms. The maximum Gasteiger partial charge on any atom is 0.263 e. The monoisotopic (exact) mass is 235 g/mol. The molecule has 1 rings (SSSR count). The zero-order valence-electron chi connectivity index (χ0n) is 11.6. The molecule has 0 aromatic heterocycles. The van der Waals surface area contributed by atoms with Crippen LogP contribution < -0.4 is 0 Å². The highest BCUT2D eigenvalue weighted by Crippen LogP contribution is 2.37. The van der Waals surface area contributed by atoms with Gasteiger partial charge in [0.05, 0.1) is 6.54 Å². The van der Waals surface area contributed by atoms with E-state index in [0.29, 0.717) is 6.42 Å². The van der Waals surface area contributed by atoms with Crippen LogP contribution in [0.3, 0.4) is 0 Å². The molecule has 1 nitrogen and oxygen atoms in total. The van der Waals surface area contributed by atoms with E-state index in [9.17, 15) is 8.78 Å². The first-order valence-electron chi connectivity index (χ1n) is 6.46. The Morgan fingerprint density at radius 2 is 1.62 bits per heavy atom. The van der Waals surface area contributed by atoms with Crippen molar-refractivity contribution in [3.05, 3.63) is 0 Å². The van der Waals surface area contributed by atoms with E-state index >= 15 is 0 Å². The molecular weight excluding hydrogens is 208 g/mol. The smallest absolute Gasteiger partial charge is 0.263 e. The largest absolute Gasteiger partial charge is 0.295 e. The third-order valence-electron chi connectivity index (χ3n) is 3.22. The fourth-order valence-corrected chi connectivity index (χ4v) is 2.24. The molecule has 0 aliphatic carbocycles. The van der Waals surface area contributed by atoms with Gasteiger partial charge in [0.15, 0.2) is 0 Å². The Kier molecular flexibility index (Phi) is 6.46. The summed E-state index contributed by atoms with van der Waals surface area (Å²) in [4.78, 5) is 1.87. The second-order valence-corrected chi connectivity index (χ2v) is 4.96. The number of likely N-dealkylation sites (tertiary alicyclic amines) is 1. The first-order chi connectivity index (χ1) is 7.34. The van der Waals surface area contributed by atoms with Gasteiger partial charge < -0.3 is 0 Å². The summed E-state index contributed by atoms with van der Waals surface area (Å²) in [6.45, 7) is 12.5. The molecule has 0 N–H and O–H groups in total. The van der Waals surface area contributed by atoms with Crippen molar-refractivity contribution in [3.8, 4) is 0 Å². The zero-order valence-corrected chi connectivity index (χ0v) is 11.6. The van der Waals surface area contributed by atoms with Crippen molar-refractivity contribution in [1.82, 2.24) is 4.90 Å². The van der Waals surface area contributed by atoms with Crippen molar-refractivity contribution in [3.63, 3.8) is 0 Å². The number of hydrogen-bond donors (Lipinski definition) is 0. The number of rotatable bonds is 2. The molecule has 1 atom stereocenters. The van der Waals surface area contributed by atoms with E-state index in [1.165, 1.54) is 0 Å². The van der Waals surface area contributed by atoms with Gasteiger partial charge in [0.2, 0.25) is 0 Å². The lowest BCUT2D eigenvalue weighted by Crippen LogP contribution is -2.52. The van der Waals surface area contributed by atoms with Crippen LogP contribution in [0.15, 0.2) is 0 Å². The van der Waals surface area contributed by atoms with Crippen molar-refractivity contribution >= 4 is 0 Å². The molecule has 0 saturated carbocycles. The van der Waals surface area contributed by atoms with Crippen LogP contribution in [0.25, 0.3) is 0 Å². The minimum Gasteiger partial charge on any atom is -0.295 e. The Morgan fingerprint density at radius 3 is 1.94 bits per heavy atom. The quantitative estimate of drug-likeness (QED) is 0.698. The summed E-state index contributed by atoms with van der Waals surface area (Å²) in [6.07, 6.45) is 0.628. The third kappa shape index (κ3) is 4.00. The molecule has 0 aromatic carbocycles. The molecule has 1 aliphatic rings. The molecule has 1 aliphatic heterocycles. The maximum atomic E-state index is 13.7. The van der Waals surface area contributed by atoms with Gasteiger partial charge in [-0.05, 0) is 32.7 Å². The summed E-state index contributed by atoms with van der Waals surface area (Å²) in [5.41, 5.74) is 0. The molecule has 0 aromatic rings. The predicted molar refractivity (Wildman–Crippen MR) is 65.9 cm³/mol. The lowest BCUT2D eigenvalue weighted by atomic mass is 9.83. The number of nitrogens with zero attached hydrogens (tertiary/aromatic N) is 1. The molecule has 1 heterocycles. The van der Waals surface area contributed by atoms with Crippen LogP contribution in [0.4, 0.5) is 8.78 Å². The van der Waals surface area contributed by atoms with Gasteiger partial charge >= 0.3 is 0 Å². The van der Waals surface area contributed by atoms with Gasteiger partial charge in [-0.25, -0.2) is 8.78 Å². The highest BCUT2D eigenvalue weighted by atomic mass is 19.3. The van der Waals surface area contributed by atoms with Crippen LogP contribution in [0.5, 0.6) is 0 Å². The molecule has 0 spiro atoms. The second-order valence-electron chi connectivity index (χ2n) is 4.96. The Balaban J connectivity index is 0.00000106. The Labute approximate surface area is 99.2 Å². The molecule has 0 amide bonds. The van der Waals surface area contributed by atoms with Gasteiger partial charge in [0, 0.05) is 12.0 Å². The maximum absolute atomic E-state index is 13.7. The van der Waals surface area contributed by atoms with Crippen LogP contribution >= 0.6 is 0 Å². The van der Waals surface area contributed by atoms with Crippen molar-refractivity contribution in [1.29, 1.82) is 0 Å². The lowest BCUT2D eigenvalue weighted by Gasteiger charge is -2.41. The van der Waals surface area contributed by atoms with E-state index in [1.54, 1.807) is 0 Å². The second kappa shape index (κ2) is 6.53. The minimum atomic E-state index is -2.50. The molecule has 1 saturated heterocycles. The molecule has 1 unspecified atom stereocenters. The SMILES string of the molecule is CC.CC(C)C1CCN(C(C)C)CC1(F)F. The highest BCUT2D eigenvalue weighted by Gasteiger charge is 2.45. The molecule has 0 radical (unpaired) electrons. The standard InChI is InChI=1S/C11H21F2N.C2H6/c1-8(2)10-5-6-14(9(3)4)7-11(10,12)13;1-2/h8-10H,5-7H2,1-4H3;1-2H3. The third-order valence-corrected chi connectivity index (χ3v) is 3.22. The van der Waals surface area contributed by atoms with Crippen LogP contribution in [0.2, 0.25) is 0 Å². The average molecular weight is 235 g/mol. The number of piperidine rings is 1. The van der Waals surface area contributed by atoms with E-state index in [-0.39, 0.29) is 18.5 Å². The molecule has 0 bridgehead atoms. The molecule has 16 heavy (non-hydrogen) atoms. The van der Waals surface area contributed by atoms with Gasteiger partial charge in [-0.1, -0.05) is 27.7 Å². The van der Waals surface area contributed by atoms with Gasteiger partial charge in [-0.3, -0.25) is 4.90 Å². The normalized spacial score (nSPS) is 25.5. The van der Waals surface area contributed by atoms with Gasteiger partial charge in [0.25, 0.3) is 5.92 Å². The summed E-state index contributed by atoms with van der Waals surface area (Å²) >= 11 is 0. The van der Waals surface area contributed by atoms with Crippen molar-refractivity contribution in [2.45, 2.75) is 59.9 Å². The van der Waals surface area contributed by atoms with E-state index < -0.39 is 11.8 Å². The summed E-state index contributed by atoms with van der Waals surface area (Å²) in [7, 11) is 0. The summed E-state index contributed by atoms with van der Waals surface area (Å²) in [5.74, 6) is -2.85. The minimum absolute atomic E-state index is 0.0620.